The predicted octanol–water partition coefficient (Wildman–Crippen LogP) is 3.39. The molecule has 5 nitrogen and oxygen atoms in total. The van der Waals surface area contributed by atoms with E-state index in [0.29, 0.717) is 0 Å². The summed E-state index contributed by atoms with van der Waals surface area (Å²) in [5, 5.41) is 0. The number of sulfonamides is 1. The Morgan fingerprint density at radius 2 is 1.61 bits per heavy atom. The number of benzene rings is 2. The van der Waals surface area contributed by atoms with Crippen LogP contribution in [-0.2, 0) is 10.0 Å². The van der Waals surface area contributed by atoms with Gasteiger partial charge in [-0.3, -0.25) is 4.72 Å². The van der Waals surface area contributed by atoms with Crippen LogP contribution in [0.25, 0.3) is 0 Å². The second-order valence-corrected chi connectivity index (χ2v) is 5.98. The van der Waals surface area contributed by atoms with Crippen LogP contribution in [0.1, 0.15) is 0 Å². The average molecular weight is 347 g/mol. The van der Waals surface area contributed by atoms with Gasteiger partial charge < -0.3 is 9.47 Å². The largest absolute Gasteiger partial charge is 0.573 e. The van der Waals surface area contributed by atoms with Crippen LogP contribution < -0.4 is 14.2 Å². The van der Waals surface area contributed by atoms with Gasteiger partial charge in [0.2, 0.25) is 0 Å². The fourth-order valence-electron chi connectivity index (χ4n) is 1.78. The Bertz CT molecular complexity index is 773. The topological polar surface area (TPSA) is 64.6 Å². The fraction of sp³-hybridized carbons (Fsp3) is 0.143. The van der Waals surface area contributed by atoms with Crippen molar-refractivity contribution in [3.05, 3.63) is 48.5 Å². The van der Waals surface area contributed by atoms with Gasteiger partial charge in [0.05, 0.1) is 7.11 Å². The summed E-state index contributed by atoms with van der Waals surface area (Å²) in [5.74, 6) is -0.297. The number of hydrogen-bond acceptors (Lipinski definition) is 4. The lowest BCUT2D eigenvalue weighted by atomic mass is 10.3. The third-order valence-corrected chi connectivity index (χ3v) is 4.12. The van der Waals surface area contributed by atoms with Crippen molar-refractivity contribution in [3.63, 3.8) is 0 Å². The zero-order chi connectivity index (χ0) is 17.1. The van der Waals surface area contributed by atoms with E-state index in [1.807, 2.05) is 0 Å². The highest BCUT2D eigenvalue weighted by Crippen LogP contribution is 2.27. The number of halogens is 3. The third-order valence-electron chi connectivity index (χ3n) is 2.70. The summed E-state index contributed by atoms with van der Waals surface area (Å²) in [7, 11) is -2.61. The van der Waals surface area contributed by atoms with Crippen LogP contribution >= 0.6 is 0 Å². The highest BCUT2D eigenvalue weighted by atomic mass is 32.2. The second kappa shape index (κ2) is 6.37. The molecular formula is C14H12F3NO4S. The molecule has 0 aromatic heterocycles. The number of para-hydroxylation sites is 1. The van der Waals surface area contributed by atoms with Crippen LogP contribution in [0, 0.1) is 0 Å². The minimum atomic E-state index is -4.81. The third kappa shape index (κ3) is 4.52. The minimum Gasteiger partial charge on any atom is -0.495 e. The molecule has 0 radical (unpaired) electrons. The van der Waals surface area contributed by atoms with Crippen LogP contribution in [0.15, 0.2) is 53.4 Å². The Labute approximate surface area is 130 Å². The van der Waals surface area contributed by atoms with Crippen LogP contribution in [0.2, 0.25) is 0 Å². The van der Waals surface area contributed by atoms with Crippen LogP contribution in [-0.4, -0.2) is 21.9 Å². The molecule has 0 spiro atoms. The predicted molar refractivity (Wildman–Crippen MR) is 76.9 cm³/mol. The van der Waals surface area contributed by atoms with Gasteiger partial charge in [-0.25, -0.2) is 8.42 Å². The van der Waals surface area contributed by atoms with E-state index in [-0.39, 0.29) is 16.3 Å². The molecule has 0 bridgehead atoms. The lowest BCUT2D eigenvalue weighted by Gasteiger charge is -2.12. The quantitative estimate of drug-likeness (QED) is 0.900. The molecule has 9 heteroatoms. The Morgan fingerprint density at radius 1 is 1.00 bits per heavy atom. The molecule has 2 aromatic carbocycles. The molecule has 0 amide bonds. The van der Waals surface area contributed by atoms with E-state index in [4.69, 9.17) is 4.74 Å². The monoisotopic (exact) mass is 347 g/mol. The number of rotatable bonds is 5. The number of methoxy groups -OCH3 is 1. The van der Waals surface area contributed by atoms with Gasteiger partial charge in [-0.05, 0) is 36.4 Å². The molecule has 0 fully saturated rings. The van der Waals surface area contributed by atoms with Crippen molar-refractivity contribution >= 4 is 15.7 Å². The van der Waals surface area contributed by atoms with Crippen molar-refractivity contribution < 1.29 is 31.1 Å². The highest BCUT2D eigenvalue weighted by Gasteiger charge is 2.31. The van der Waals surface area contributed by atoms with E-state index < -0.39 is 22.1 Å². The molecule has 0 heterocycles. The first kappa shape index (κ1) is 16.9. The van der Waals surface area contributed by atoms with Crippen molar-refractivity contribution in [3.8, 4) is 11.5 Å². The second-order valence-electron chi connectivity index (χ2n) is 4.33. The summed E-state index contributed by atoms with van der Waals surface area (Å²) in [4.78, 5) is -0.0851. The SMILES string of the molecule is COc1ccccc1S(=O)(=O)Nc1ccc(OC(F)(F)F)cc1. The lowest BCUT2D eigenvalue weighted by Crippen LogP contribution is -2.17. The molecule has 0 aliphatic rings. The standard InChI is InChI=1S/C14H12F3NO4S/c1-21-12-4-2-3-5-13(12)23(19,20)18-10-6-8-11(9-7-10)22-14(15,16)17/h2-9,18H,1H3. The summed E-state index contributed by atoms with van der Waals surface area (Å²) >= 11 is 0. The molecule has 0 aliphatic carbocycles. The first-order chi connectivity index (χ1) is 10.7. The summed E-state index contributed by atoms with van der Waals surface area (Å²) in [6.45, 7) is 0. The average Bonchev–Trinajstić information content (AvgIpc) is 2.47. The smallest absolute Gasteiger partial charge is 0.495 e. The molecule has 0 saturated heterocycles. The molecule has 2 aromatic rings. The molecule has 124 valence electrons. The maximum Gasteiger partial charge on any atom is 0.573 e. The van der Waals surface area contributed by atoms with Gasteiger partial charge in [0, 0.05) is 5.69 Å². The van der Waals surface area contributed by atoms with Gasteiger partial charge in [-0.1, -0.05) is 12.1 Å². The summed E-state index contributed by atoms with van der Waals surface area (Å²) < 4.78 is 71.7. The van der Waals surface area contributed by atoms with Crippen LogP contribution in [0.5, 0.6) is 11.5 Å². The Kier molecular flexibility index (Phi) is 4.69. The van der Waals surface area contributed by atoms with E-state index in [0.717, 1.165) is 24.3 Å². The molecule has 0 aliphatic heterocycles. The summed E-state index contributed by atoms with van der Waals surface area (Å²) in [6.07, 6.45) is -4.81. The first-order valence-electron chi connectivity index (χ1n) is 6.23. The lowest BCUT2D eigenvalue weighted by molar-refractivity contribution is -0.274. The zero-order valence-corrected chi connectivity index (χ0v) is 12.6. The van der Waals surface area contributed by atoms with Gasteiger partial charge in [0.1, 0.15) is 16.4 Å². The molecule has 0 unspecified atom stereocenters. The van der Waals surface area contributed by atoms with Crippen molar-refractivity contribution in [2.45, 2.75) is 11.3 Å². The van der Waals surface area contributed by atoms with Crippen molar-refractivity contribution in [1.82, 2.24) is 0 Å². The fourth-order valence-corrected chi connectivity index (χ4v) is 3.01. The van der Waals surface area contributed by atoms with E-state index in [9.17, 15) is 21.6 Å². The molecule has 2 rings (SSSR count). The molecule has 1 N–H and O–H groups in total. The Balaban J connectivity index is 2.21. The van der Waals surface area contributed by atoms with E-state index in [1.54, 1.807) is 6.07 Å². The Morgan fingerprint density at radius 3 is 2.17 bits per heavy atom. The van der Waals surface area contributed by atoms with Crippen molar-refractivity contribution in [1.29, 1.82) is 0 Å². The normalized spacial score (nSPS) is 11.8. The van der Waals surface area contributed by atoms with Crippen LogP contribution in [0.4, 0.5) is 18.9 Å². The summed E-state index contributed by atoms with van der Waals surface area (Å²) in [5.41, 5.74) is 0.0884. The zero-order valence-electron chi connectivity index (χ0n) is 11.8. The molecule has 0 atom stereocenters. The maximum absolute atomic E-state index is 12.3. The molecular weight excluding hydrogens is 335 g/mol. The number of anilines is 1. The Hall–Kier alpha value is -2.42. The van der Waals surface area contributed by atoms with Gasteiger partial charge in [-0.2, -0.15) is 0 Å². The first-order valence-corrected chi connectivity index (χ1v) is 7.71. The van der Waals surface area contributed by atoms with Gasteiger partial charge in [0.15, 0.2) is 0 Å². The van der Waals surface area contributed by atoms with Gasteiger partial charge in [-0.15, -0.1) is 13.2 Å². The minimum absolute atomic E-state index is 0.0851. The van der Waals surface area contributed by atoms with Crippen molar-refractivity contribution in [2.75, 3.05) is 11.8 Å². The number of hydrogen-bond donors (Lipinski definition) is 1. The van der Waals surface area contributed by atoms with E-state index in [2.05, 4.69) is 9.46 Å². The number of alkyl halides is 3. The van der Waals surface area contributed by atoms with E-state index >= 15 is 0 Å². The van der Waals surface area contributed by atoms with Crippen LogP contribution in [0.3, 0.4) is 0 Å². The van der Waals surface area contributed by atoms with E-state index in [1.165, 1.54) is 25.3 Å². The summed E-state index contributed by atoms with van der Waals surface area (Å²) in [6, 6.07) is 10.3. The van der Waals surface area contributed by atoms with Gasteiger partial charge >= 0.3 is 6.36 Å². The number of ether oxygens (including phenoxy) is 2. The number of nitrogens with one attached hydrogen (secondary N) is 1. The maximum atomic E-state index is 12.3. The molecule has 0 saturated carbocycles. The molecule has 23 heavy (non-hydrogen) atoms. The van der Waals surface area contributed by atoms with Crippen molar-refractivity contribution in [2.24, 2.45) is 0 Å². The highest BCUT2D eigenvalue weighted by molar-refractivity contribution is 7.92. The van der Waals surface area contributed by atoms with Gasteiger partial charge in [0.25, 0.3) is 10.0 Å².